The van der Waals surface area contributed by atoms with E-state index in [9.17, 15) is 9.59 Å². The van der Waals surface area contributed by atoms with Crippen LogP contribution in [0.2, 0.25) is 10.0 Å². The largest absolute Gasteiger partial charge is 0.345 e. The summed E-state index contributed by atoms with van der Waals surface area (Å²) in [7, 11) is 0. The molecule has 1 aromatic rings. The summed E-state index contributed by atoms with van der Waals surface area (Å²) in [6, 6.07) is 4.93. The minimum Gasteiger partial charge on any atom is -0.345 e. The molecule has 2 N–H and O–H groups in total. The number of rotatable bonds is 2. The predicted molar refractivity (Wildman–Crippen MR) is 84.7 cm³/mol. The summed E-state index contributed by atoms with van der Waals surface area (Å²) in [6.07, 6.45) is 4.25. The molecular weight excluding hydrogens is 311 g/mol. The summed E-state index contributed by atoms with van der Waals surface area (Å²) in [5, 5.41) is 5.84. The van der Waals surface area contributed by atoms with Gasteiger partial charge in [-0.15, -0.1) is 0 Å². The average Bonchev–Trinajstić information content (AvgIpc) is 2.46. The monoisotopic (exact) mass is 328 g/mol. The molecule has 1 saturated carbocycles. The Balaban J connectivity index is 1.96. The molecule has 2 rings (SSSR count). The van der Waals surface area contributed by atoms with Crippen molar-refractivity contribution in [1.82, 2.24) is 5.32 Å². The van der Waals surface area contributed by atoms with Gasteiger partial charge in [0.05, 0.1) is 15.7 Å². The van der Waals surface area contributed by atoms with E-state index in [2.05, 4.69) is 17.6 Å². The Morgan fingerprint density at radius 3 is 2.57 bits per heavy atom. The maximum absolute atomic E-state index is 12.0. The average molecular weight is 329 g/mol. The van der Waals surface area contributed by atoms with Gasteiger partial charge in [0.2, 0.25) is 0 Å². The number of carbonyl (C=O) groups excluding carboxylic acids is 2. The summed E-state index contributed by atoms with van der Waals surface area (Å²) in [4.78, 5) is 23.9. The van der Waals surface area contributed by atoms with Gasteiger partial charge in [0.1, 0.15) is 0 Å². The highest BCUT2D eigenvalue weighted by molar-refractivity contribution is 6.45. The van der Waals surface area contributed by atoms with Crippen molar-refractivity contribution >= 4 is 40.7 Å². The zero-order valence-corrected chi connectivity index (χ0v) is 13.3. The standard InChI is InChI=1S/C15H18Cl2N2O2/c1-9-5-2-3-7-11(9)18-14(20)15(21)19-12-8-4-6-10(16)13(12)17/h4,6,8-9,11H,2-3,5,7H2,1H3,(H,18,20)(H,19,21)/t9-,11+/m1/s1. The molecule has 0 saturated heterocycles. The quantitative estimate of drug-likeness (QED) is 0.814. The van der Waals surface area contributed by atoms with Crippen molar-refractivity contribution in [3.8, 4) is 0 Å². The second-order valence-corrected chi connectivity index (χ2v) is 6.18. The number of nitrogens with one attached hydrogen (secondary N) is 2. The normalized spacial score (nSPS) is 21.7. The maximum Gasteiger partial charge on any atom is 0.313 e. The van der Waals surface area contributed by atoms with E-state index in [1.165, 1.54) is 6.42 Å². The minimum absolute atomic E-state index is 0.0619. The molecule has 0 spiro atoms. The number of amides is 2. The number of carbonyl (C=O) groups is 2. The van der Waals surface area contributed by atoms with E-state index in [1.807, 2.05) is 0 Å². The van der Waals surface area contributed by atoms with E-state index in [4.69, 9.17) is 23.2 Å². The van der Waals surface area contributed by atoms with E-state index < -0.39 is 11.8 Å². The fourth-order valence-electron chi connectivity index (χ4n) is 2.54. The molecule has 114 valence electrons. The van der Waals surface area contributed by atoms with Gasteiger partial charge in [0.15, 0.2) is 0 Å². The van der Waals surface area contributed by atoms with Crippen LogP contribution in [-0.2, 0) is 9.59 Å². The maximum atomic E-state index is 12.0. The lowest BCUT2D eigenvalue weighted by Gasteiger charge is -2.29. The number of hydrogen-bond acceptors (Lipinski definition) is 2. The lowest BCUT2D eigenvalue weighted by atomic mass is 9.86. The highest BCUT2D eigenvalue weighted by atomic mass is 35.5. The second kappa shape index (κ2) is 7.14. The second-order valence-electron chi connectivity index (χ2n) is 5.40. The fourth-order valence-corrected chi connectivity index (χ4v) is 2.89. The summed E-state index contributed by atoms with van der Waals surface area (Å²) in [6.45, 7) is 2.09. The number of benzene rings is 1. The SMILES string of the molecule is C[C@@H]1CCCC[C@@H]1NC(=O)C(=O)Nc1cccc(Cl)c1Cl. The summed E-state index contributed by atoms with van der Waals surface area (Å²) in [5.74, 6) is -0.966. The Morgan fingerprint density at radius 1 is 1.14 bits per heavy atom. The molecule has 4 nitrogen and oxygen atoms in total. The van der Waals surface area contributed by atoms with Gasteiger partial charge in [-0.3, -0.25) is 9.59 Å². The topological polar surface area (TPSA) is 58.2 Å². The van der Waals surface area contributed by atoms with Crippen molar-refractivity contribution in [2.24, 2.45) is 5.92 Å². The lowest BCUT2D eigenvalue weighted by Crippen LogP contribution is -2.45. The van der Waals surface area contributed by atoms with E-state index in [1.54, 1.807) is 18.2 Å². The summed E-state index contributed by atoms with van der Waals surface area (Å²) < 4.78 is 0. The molecule has 0 unspecified atom stereocenters. The third-order valence-corrected chi connectivity index (χ3v) is 4.65. The van der Waals surface area contributed by atoms with Gasteiger partial charge in [-0.25, -0.2) is 0 Å². The first kappa shape index (κ1) is 16.1. The Kier molecular flexibility index (Phi) is 5.48. The molecule has 1 aliphatic rings. The zero-order chi connectivity index (χ0) is 15.4. The van der Waals surface area contributed by atoms with Crippen molar-refractivity contribution in [1.29, 1.82) is 0 Å². The van der Waals surface area contributed by atoms with Crippen molar-refractivity contribution in [3.63, 3.8) is 0 Å². The van der Waals surface area contributed by atoms with E-state index in [0.29, 0.717) is 16.6 Å². The molecule has 1 aromatic carbocycles. The fraction of sp³-hybridized carbons (Fsp3) is 0.467. The van der Waals surface area contributed by atoms with Gasteiger partial charge in [0.25, 0.3) is 0 Å². The van der Waals surface area contributed by atoms with Gasteiger partial charge in [-0.05, 0) is 30.9 Å². The lowest BCUT2D eigenvalue weighted by molar-refractivity contribution is -0.137. The Morgan fingerprint density at radius 2 is 1.86 bits per heavy atom. The number of halogens is 2. The van der Waals surface area contributed by atoms with Crippen LogP contribution in [0.25, 0.3) is 0 Å². The number of anilines is 1. The molecular formula is C15H18Cl2N2O2. The zero-order valence-electron chi connectivity index (χ0n) is 11.8. The van der Waals surface area contributed by atoms with E-state index in [-0.39, 0.29) is 11.1 Å². The third-order valence-electron chi connectivity index (χ3n) is 3.83. The van der Waals surface area contributed by atoms with Crippen LogP contribution in [0.3, 0.4) is 0 Å². The first-order valence-electron chi connectivity index (χ1n) is 7.05. The van der Waals surface area contributed by atoms with Crippen LogP contribution in [0.1, 0.15) is 32.6 Å². The van der Waals surface area contributed by atoms with Gasteiger partial charge in [-0.2, -0.15) is 0 Å². The first-order valence-corrected chi connectivity index (χ1v) is 7.80. The van der Waals surface area contributed by atoms with Crippen molar-refractivity contribution in [3.05, 3.63) is 28.2 Å². The van der Waals surface area contributed by atoms with Crippen LogP contribution in [0.4, 0.5) is 5.69 Å². The molecule has 0 radical (unpaired) electrons. The molecule has 0 bridgehead atoms. The molecule has 2 amide bonds. The van der Waals surface area contributed by atoms with Crippen LogP contribution >= 0.6 is 23.2 Å². The summed E-state index contributed by atoms with van der Waals surface area (Å²) in [5.41, 5.74) is 0.334. The summed E-state index contributed by atoms with van der Waals surface area (Å²) >= 11 is 11.8. The van der Waals surface area contributed by atoms with Gasteiger partial charge >= 0.3 is 11.8 Å². The van der Waals surface area contributed by atoms with Crippen LogP contribution in [0, 0.1) is 5.92 Å². The molecule has 0 heterocycles. The van der Waals surface area contributed by atoms with Gasteiger partial charge in [-0.1, -0.05) is 49.0 Å². The molecule has 0 aliphatic heterocycles. The smallest absolute Gasteiger partial charge is 0.313 e. The van der Waals surface area contributed by atoms with Crippen molar-refractivity contribution in [2.45, 2.75) is 38.6 Å². The van der Waals surface area contributed by atoms with E-state index >= 15 is 0 Å². The Labute approximate surface area is 134 Å². The van der Waals surface area contributed by atoms with Crippen molar-refractivity contribution in [2.75, 3.05) is 5.32 Å². The molecule has 21 heavy (non-hydrogen) atoms. The van der Waals surface area contributed by atoms with Crippen LogP contribution in [0.5, 0.6) is 0 Å². The molecule has 1 fully saturated rings. The van der Waals surface area contributed by atoms with Crippen LogP contribution in [0.15, 0.2) is 18.2 Å². The van der Waals surface area contributed by atoms with Crippen LogP contribution in [-0.4, -0.2) is 17.9 Å². The van der Waals surface area contributed by atoms with Crippen LogP contribution < -0.4 is 10.6 Å². The third kappa shape index (κ3) is 4.11. The minimum atomic E-state index is -0.725. The highest BCUT2D eigenvalue weighted by Crippen LogP contribution is 2.29. The highest BCUT2D eigenvalue weighted by Gasteiger charge is 2.25. The van der Waals surface area contributed by atoms with Gasteiger partial charge < -0.3 is 10.6 Å². The predicted octanol–water partition coefficient (Wildman–Crippen LogP) is 3.63. The van der Waals surface area contributed by atoms with E-state index in [0.717, 1.165) is 19.3 Å². The molecule has 1 aliphatic carbocycles. The molecule has 6 heteroatoms. The van der Waals surface area contributed by atoms with Gasteiger partial charge in [0, 0.05) is 6.04 Å². The molecule has 0 aromatic heterocycles. The number of hydrogen-bond donors (Lipinski definition) is 2. The first-order chi connectivity index (χ1) is 9.99. The Hall–Kier alpha value is -1.26. The molecule has 2 atom stereocenters. The Bertz CT molecular complexity index is 548. The van der Waals surface area contributed by atoms with Crippen molar-refractivity contribution < 1.29 is 9.59 Å².